The molecule has 0 saturated carbocycles. The number of amides is 1. The van der Waals surface area contributed by atoms with Crippen LogP contribution in [0.15, 0.2) is 30.6 Å². The molecule has 8 heteroatoms. The Morgan fingerprint density at radius 3 is 2.67 bits per heavy atom. The third kappa shape index (κ3) is 5.31. The fraction of sp³-hybridized carbons (Fsp3) is 0.560. The topological polar surface area (TPSA) is 81.6 Å². The fourth-order valence-electron chi connectivity index (χ4n) is 4.92. The Hall–Kier alpha value is -2.22. The summed E-state index contributed by atoms with van der Waals surface area (Å²) in [6.45, 7) is 9.78. The third-order valence-electron chi connectivity index (χ3n) is 6.69. The van der Waals surface area contributed by atoms with E-state index in [-0.39, 0.29) is 17.7 Å². The van der Waals surface area contributed by atoms with Crippen molar-refractivity contribution in [2.45, 2.75) is 57.6 Å². The molecule has 0 unspecified atom stereocenters. The molecule has 0 bridgehead atoms. The van der Waals surface area contributed by atoms with Crippen molar-refractivity contribution in [1.82, 2.24) is 20.2 Å². The SMILES string of the molecule is CC(C)NC[C@@H](C(=O)N1CCCN(c2ncnc3c2[C@H](C)C[C@H]3O)CC1)c1ccc(Cl)cc1. The number of fused-ring (bicyclic) bond motifs is 1. The highest BCUT2D eigenvalue weighted by molar-refractivity contribution is 6.30. The molecule has 2 N–H and O–H groups in total. The van der Waals surface area contributed by atoms with Gasteiger partial charge in [-0.05, 0) is 36.5 Å². The molecule has 3 atom stereocenters. The molecule has 7 nitrogen and oxygen atoms in total. The molecule has 1 aliphatic carbocycles. The van der Waals surface area contributed by atoms with Gasteiger partial charge in [0.15, 0.2) is 0 Å². The highest BCUT2D eigenvalue weighted by atomic mass is 35.5. The maximum absolute atomic E-state index is 13.7. The van der Waals surface area contributed by atoms with E-state index in [4.69, 9.17) is 11.6 Å². The van der Waals surface area contributed by atoms with Crippen molar-refractivity contribution in [3.8, 4) is 0 Å². The fourth-order valence-corrected chi connectivity index (χ4v) is 5.05. The summed E-state index contributed by atoms with van der Waals surface area (Å²) < 4.78 is 0. The summed E-state index contributed by atoms with van der Waals surface area (Å²) >= 11 is 6.08. The number of rotatable bonds is 6. The van der Waals surface area contributed by atoms with E-state index < -0.39 is 6.10 Å². The van der Waals surface area contributed by atoms with Crippen molar-refractivity contribution in [2.75, 3.05) is 37.6 Å². The first-order valence-electron chi connectivity index (χ1n) is 11.9. The smallest absolute Gasteiger partial charge is 0.231 e. The predicted molar refractivity (Wildman–Crippen MR) is 131 cm³/mol. The van der Waals surface area contributed by atoms with Crippen LogP contribution in [0.3, 0.4) is 0 Å². The first kappa shape index (κ1) is 23.9. The Balaban J connectivity index is 1.50. The Labute approximate surface area is 201 Å². The quantitative estimate of drug-likeness (QED) is 0.671. The molecule has 1 saturated heterocycles. The molecule has 1 amide bonds. The number of aliphatic hydroxyl groups is 1. The van der Waals surface area contributed by atoms with E-state index in [1.807, 2.05) is 29.2 Å². The summed E-state index contributed by atoms with van der Waals surface area (Å²) in [5.41, 5.74) is 2.80. The monoisotopic (exact) mass is 471 g/mol. The summed E-state index contributed by atoms with van der Waals surface area (Å²) in [5, 5.41) is 14.4. The zero-order valence-electron chi connectivity index (χ0n) is 19.7. The zero-order chi connectivity index (χ0) is 23.5. The Morgan fingerprint density at radius 2 is 1.94 bits per heavy atom. The second-order valence-corrected chi connectivity index (χ2v) is 9.92. The molecule has 2 aliphatic rings. The summed E-state index contributed by atoms with van der Waals surface area (Å²) in [6, 6.07) is 7.90. The average molecular weight is 472 g/mol. The van der Waals surface area contributed by atoms with Crippen LogP contribution in [0.5, 0.6) is 0 Å². The normalized spacial score (nSPS) is 21.8. The van der Waals surface area contributed by atoms with Gasteiger partial charge in [0.25, 0.3) is 0 Å². The first-order chi connectivity index (χ1) is 15.8. The van der Waals surface area contributed by atoms with Crippen molar-refractivity contribution in [3.63, 3.8) is 0 Å². The van der Waals surface area contributed by atoms with Crippen molar-refractivity contribution in [3.05, 3.63) is 52.4 Å². The summed E-state index contributed by atoms with van der Waals surface area (Å²) in [4.78, 5) is 26.8. The van der Waals surface area contributed by atoms with Crippen LogP contribution < -0.4 is 10.2 Å². The minimum Gasteiger partial charge on any atom is -0.387 e. The summed E-state index contributed by atoms with van der Waals surface area (Å²) in [7, 11) is 0. The molecule has 178 valence electrons. The van der Waals surface area contributed by atoms with E-state index in [1.165, 1.54) is 0 Å². The number of halogens is 1. The number of carbonyl (C=O) groups excluding carboxylic acids is 1. The van der Waals surface area contributed by atoms with Crippen molar-refractivity contribution in [2.24, 2.45) is 0 Å². The Bertz CT molecular complexity index is 968. The summed E-state index contributed by atoms with van der Waals surface area (Å²) in [6.07, 6.45) is 2.59. The molecule has 33 heavy (non-hydrogen) atoms. The average Bonchev–Trinajstić information content (AvgIpc) is 2.95. The number of hydrogen-bond acceptors (Lipinski definition) is 6. The second kappa shape index (κ2) is 10.4. The molecular weight excluding hydrogens is 438 g/mol. The van der Waals surface area contributed by atoms with Gasteiger partial charge in [0.2, 0.25) is 5.91 Å². The lowest BCUT2D eigenvalue weighted by Crippen LogP contribution is -2.42. The number of anilines is 1. The van der Waals surface area contributed by atoms with Crippen molar-refractivity contribution in [1.29, 1.82) is 0 Å². The third-order valence-corrected chi connectivity index (χ3v) is 6.94. The van der Waals surface area contributed by atoms with Crippen LogP contribution in [0.25, 0.3) is 0 Å². The zero-order valence-corrected chi connectivity index (χ0v) is 20.4. The highest BCUT2D eigenvalue weighted by Gasteiger charge is 2.34. The number of aromatic nitrogens is 2. The minimum atomic E-state index is -0.518. The molecule has 4 rings (SSSR count). The van der Waals surface area contributed by atoms with Crippen LogP contribution in [-0.4, -0.2) is 64.6 Å². The molecule has 1 aromatic heterocycles. The van der Waals surface area contributed by atoms with E-state index in [0.29, 0.717) is 43.7 Å². The van der Waals surface area contributed by atoms with Crippen molar-refractivity contribution < 1.29 is 9.90 Å². The second-order valence-electron chi connectivity index (χ2n) is 9.48. The van der Waals surface area contributed by atoms with Crippen LogP contribution in [-0.2, 0) is 4.79 Å². The molecule has 1 aromatic carbocycles. The summed E-state index contributed by atoms with van der Waals surface area (Å²) in [5.74, 6) is 1.02. The molecule has 2 aromatic rings. The molecule has 0 radical (unpaired) electrons. The molecule has 0 spiro atoms. The maximum Gasteiger partial charge on any atom is 0.231 e. The Morgan fingerprint density at radius 1 is 1.18 bits per heavy atom. The largest absolute Gasteiger partial charge is 0.387 e. The Kier molecular flexibility index (Phi) is 7.51. The van der Waals surface area contributed by atoms with Gasteiger partial charge in [0.05, 0.1) is 17.7 Å². The number of nitrogens with zero attached hydrogens (tertiary/aromatic N) is 4. The van der Waals surface area contributed by atoms with Crippen molar-refractivity contribution >= 4 is 23.3 Å². The van der Waals surface area contributed by atoms with E-state index in [0.717, 1.165) is 35.6 Å². The van der Waals surface area contributed by atoms with Gasteiger partial charge in [-0.3, -0.25) is 4.79 Å². The van der Waals surface area contributed by atoms with Gasteiger partial charge in [-0.15, -0.1) is 0 Å². The van der Waals surface area contributed by atoms with Crippen LogP contribution in [0.2, 0.25) is 5.02 Å². The van der Waals surface area contributed by atoms with Crippen LogP contribution >= 0.6 is 11.6 Å². The minimum absolute atomic E-state index is 0.143. The predicted octanol–water partition coefficient (Wildman–Crippen LogP) is 3.49. The van der Waals surface area contributed by atoms with E-state index in [9.17, 15) is 9.90 Å². The molecule has 1 fully saturated rings. The van der Waals surface area contributed by atoms with Crippen LogP contribution in [0, 0.1) is 0 Å². The van der Waals surface area contributed by atoms with Gasteiger partial charge >= 0.3 is 0 Å². The lowest BCUT2D eigenvalue weighted by molar-refractivity contribution is -0.132. The molecule has 1 aliphatic heterocycles. The van der Waals surface area contributed by atoms with Crippen LogP contribution in [0.4, 0.5) is 5.82 Å². The standard InChI is InChI=1S/C25H34ClN5O2/c1-16(2)27-14-20(18-5-7-19(26)8-6-18)25(33)31-10-4-9-30(11-12-31)24-22-17(3)13-21(32)23(22)28-15-29-24/h5-8,15-17,20-21,27,32H,4,9-14H2,1-3H3/t17-,20-,21-/m1/s1. The highest BCUT2D eigenvalue weighted by Crippen LogP contribution is 2.42. The van der Waals surface area contributed by atoms with Gasteiger partial charge in [-0.1, -0.05) is 44.5 Å². The van der Waals surface area contributed by atoms with E-state index in [1.54, 1.807) is 6.33 Å². The molecule has 2 heterocycles. The van der Waals surface area contributed by atoms with Gasteiger partial charge in [0, 0.05) is 49.4 Å². The number of carbonyl (C=O) groups is 1. The lowest BCUT2D eigenvalue weighted by atomic mass is 9.97. The maximum atomic E-state index is 13.7. The van der Waals surface area contributed by atoms with Gasteiger partial charge in [-0.2, -0.15) is 0 Å². The van der Waals surface area contributed by atoms with E-state index >= 15 is 0 Å². The van der Waals surface area contributed by atoms with Crippen LogP contribution in [0.1, 0.15) is 68.4 Å². The van der Waals surface area contributed by atoms with Gasteiger partial charge in [0.1, 0.15) is 12.1 Å². The lowest BCUT2D eigenvalue weighted by Gasteiger charge is -2.28. The number of aliphatic hydroxyl groups excluding tert-OH is 1. The van der Waals surface area contributed by atoms with E-state index in [2.05, 4.69) is 41.0 Å². The molecular formula is C25H34ClN5O2. The number of nitrogens with one attached hydrogen (secondary N) is 1. The number of hydrogen-bond donors (Lipinski definition) is 2. The van der Waals surface area contributed by atoms with Gasteiger partial charge < -0.3 is 20.2 Å². The van der Waals surface area contributed by atoms with Gasteiger partial charge in [-0.25, -0.2) is 9.97 Å². The first-order valence-corrected chi connectivity index (χ1v) is 12.3. The number of benzene rings is 1.